The number of fused-ring (bicyclic) bond motifs is 1. The van der Waals surface area contributed by atoms with E-state index < -0.39 is 5.63 Å². The van der Waals surface area contributed by atoms with Crippen LogP contribution in [0.1, 0.15) is 0 Å². The molecule has 0 bridgehead atoms. The molecule has 0 aliphatic rings. The van der Waals surface area contributed by atoms with Crippen LogP contribution in [-0.4, -0.2) is 4.98 Å². The molecule has 0 saturated heterocycles. The largest absolute Gasteiger partial charge is 0.411 e. The summed E-state index contributed by atoms with van der Waals surface area (Å²) >= 11 is 5.70. The van der Waals surface area contributed by atoms with Crippen LogP contribution in [0.4, 0.5) is 0 Å². The van der Waals surface area contributed by atoms with Gasteiger partial charge in [-0.1, -0.05) is 11.6 Å². The van der Waals surface area contributed by atoms with Crippen LogP contribution in [0.15, 0.2) is 33.8 Å². The van der Waals surface area contributed by atoms with Gasteiger partial charge in [-0.3, -0.25) is 0 Å². The number of hydrogen-bond acceptors (Lipinski definition) is 3. The predicted octanol–water partition coefficient (Wildman–Crippen LogP) is 1.84. The Labute approximate surface area is 72.6 Å². The molecule has 0 amide bonds. The van der Waals surface area contributed by atoms with Gasteiger partial charge in [-0.15, -0.1) is 0 Å². The van der Waals surface area contributed by atoms with Gasteiger partial charge in [-0.2, -0.15) is 0 Å². The summed E-state index contributed by atoms with van der Waals surface area (Å²) in [4.78, 5) is 14.9. The van der Waals surface area contributed by atoms with Gasteiger partial charge in [0.25, 0.3) is 0 Å². The molecule has 0 spiro atoms. The monoisotopic (exact) mass is 181 g/mol. The molecule has 0 N–H and O–H groups in total. The van der Waals surface area contributed by atoms with Gasteiger partial charge in [0.05, 0.1) is 10.9 Å². The summed E-state index contributed by atoms with van der Waals surface area (Å²) in [7, 11) is 0. The molecule has 0 radical (unpaired) electrons. The zero-order valence-corrected chi connectivity index (χ0v) is 6.71. The van der Waals surface area contributed by atoms with Crippen molar-refractivity contribution in [1.82, 2.24) is 4.98 Å². The Hall–Kier alpha value is -1.35. The molecule has 60 valence electrons. The van der Waals surface area contributed by atoms with E-state index in [1.807, 2.05) is 0 Å². The first-order chi connectivity index (χ1) is 5.77. The molecule has 12 heavy (non-hydrogen) atoms. The molecule has 1 aromatic heterocycles. The predicted molar refractivity (Wildman–Crippen MR) is 45.3 cm³/mol. The molecule has 2 rings (SSSR count). The summed E-state index contributed by atoms with van der Waals surface area (Å²) in [5.74, 6) is 0. The second-order valence-corrected chi connectivity index (χ2v) is 2.74. The van der Waals surface area contributed by atoms with Gasteiger partial charge in [0.15, 0.2) is 6.39 Å². The SMILES string of the molecule is O=c1ocnc2cc(Cl)ccc12. The molecule has 0 saturated carbocycles. The van der Waals surface area contributed by atoms with Gasteiger partial charge in [0.2, 0.25) is 0 Å². The third kappa shape index (κ3) is 1.08. The minimum Gasteiger partial charge on any atom is -0.411 e. The first-order valence-corrected chi connectivity index (χ1v) is 3.68. The number of rotatable bonds is 0. The highest BCUT2D eigenvalue weighted by atomic mass is 35.5. The van der Waals surface area contributed by atoms with Gasteiger partial charge in [-0.25, -0.2) is 9.78 Å². The highest BCUT2D eigenvalue weighted by Gasteiger charge is 1.99. The fourth-order valence-electron chi connectivity index (χ4n) is 0.979. The van der Waals surface area contributed by atoms with Crippen molar-refractivity contribution in [1.29, 1.82) is 0 Å². The fraction of sp³-hybridized carbons (Fsp3) is 0. The van der Waals surface area contributed by atoms with E-state index in [4.69, 9.17) is 11.6 Å². The lowest BCUT2D eigenvalue weighted by Crippen LogP contribution is -1.98. The fourth-order valence-corrected chi connectivity index (χ4v) is 1.15. The molecule has 0 fully saturated rings. The highest BCUT2D eigenvalue weighted by molar-refractivity contribution is 6.31. The highest BCUT2D eigenvalue weighted by Crippen LogP contribution is 2.13. The van der Waals surface area contributed by atoms with Gasteiger partial charge in [0.1, 0.15) is 0 Å². The minimum atomic E-state index is -0.392. The van der Waals surface area contributed by atoms with Crippen molar-refractivity contribution in [3.8, 4) is 0 Å². The number of benzene rings is 1. The summed E-state index contributed by atoms with van der Waals surface area (Å²) in [6.45, 7) is 0. The molecule has 1 heterocycles. The van der Waals surface area contributed by atoms with Crippen LogP contribution in [0.3, 0.4) is 0 Å². The maximum absolute atomic E-state index is 11.0. The Bertz CT molecular complexity index is 478. The lowest BCUT2D eigenvalue weighted by molar-refractivity contribution is 0.501. The molecular formula is C8H4ClNO2. The standard InChI is InChI=1S/C8H4ClNO2/c9-5-1-2-6-7(3-5)10-4-12-8(6)11/h1-4H. The molecule has 0 unspecified atom stereocenters. The van der Waals surface area contributed by atoms with E-state index in [0.29, 0.717) is 15.9 Å². The summed E-state index contributed by atoms with van der Waals surface area (Å²) in [6.07, 6.45) is 1.11. The lowest BCUT2D eigenvalue weighted by atomic mass is 10.2. The second kappa shape index (κ2) is 2.60. The quantitative estimate of drug-likeness (QED) is 0.623. The average Bonchev–Trinajstić information content (AvgIpc) is 2.04. The Morgan fingerprint density at radius 1 is 1.42 bits per heavy atom. The molecule has 2 aromatic rings. The van der Waals surface area contributed by atoms with Crippen molar-refractivity contribution in [2.75, 3.05) is 0 Å². The van der Waals surface area contributed by atoms with Crippen molar-refractivity contribution in [2.24, 2.45) is 0 Å². The van der Waals surface area contributed by atoms with Crippen LogP contribution < -0.4 is 5.63 Å². The van der Waals surface area contributed by atoms with Crippen molar-refractivity contribution in [3.05, 3.63) is 40.0 Å². The molecular weight excluding hydrogens is 178 g/mol. The smallest absolute Gasteiger partial charge is 0.346 e. The van der Waals surface area contributed by atoms with Gasteiger partial charge in [-0.05, 0) is 18.2 Å². The van der Waals surface area contributed by atoms with E-state index in [0.717, 1.165) is 6.39 Å². The number of halogens is 1. The Kier molecular flexibility index (Phi) is 1.59. The van der Waals surface area contributed by atoms with Gasteiger partial charge < -0.3 is 4.42 Å². The summed E-state index contributed by atoms with van der Waals surface area (Å²) in [5, 5.41) is 1.00. The van der Waals surface area contributed by atoms with Crippen LogP contribution in [0.25, 0.3) is 10.9 Å². The van der Waals surface area contributed by atoms with Crippen molar-refractivity contribution >= 4 is 22.5 Å². The molecule has 1 aromatic carbocycles. The third-order valence-corrected chi connectivity index (χ3v) is 1.77. The summed E-state index contributed by atoms with van der Waals surface area (Å²) in [6, 6.07) is 4.84. The topological polar surface area (TPSA) is 43.1 Å². The van der Waals surface area contributed by atoms with E-state index >= 15 is 0 Å². The molecule has 4 heteroatoms. The molecule has 0 aliphatic carbocycles. The maximum Gasteiger partial charge on any atom is 0.346 e. The van der Waals surface area contributed by atoms with Crippen LogP contribution >= 0.6 is 11.6 Å². The first kappa shape index (κ1) is 7.31. The third-order valence-electron chi connectivity index (χ3n) is 1.53. The van der Waals surface area contributed by atoms with Crippen LogP contribution in [0, 0.1) is 0 Å². The molecule has 0 aliphatic heterocycles. The van der Waals surface area contributed by atoms with E-state index in [1.165, 1.54) is 0 Å². The van der Waals surface area contributed by atoms with Crippen LogP contribution in [0.5, 0.6) is 0 Å². The zero-order valence-electron chi connectivity index (χ0n) is 5.95. The summed E-state index contributed by atoms with van der Waals surface area (Å²) < 4.78 is 4.57. The number of hydrogen-bond donors (Lipinski definition) is 0. The second-order valence-electron chi connectivity index (χ2n) is 2.30. The van der Waals surface area contributed by atoms with Crippen molar-refractivity contribution < 1.29 is 4.42 Å². The Morgan fingerprint density at radius 2 is 2.25 bits per heavy atom. The average molecular weight is 182 g/mol. The first-order valence-electron chi connectivity index (χ1n) is 3.30. The van der Waals surface area contributed by atoms with E-state index in [-0.39, 0.29) is 0 Å². The lowest BCUT2D eigenvalue weighted by Gasteiger charge is -1.93. The number of aromatic nitrogens is 1. The van der Waals surface area contributed by atoms with Crippen molar-refractivity contribution in [2.45, 2.75) is 0 Å². The van der Waals surface area contributed by atoms with E-state index in [1.54, 1.807) is 18.2 Å². The molecule has 3 nitrogen and oxygen atoms in total. The normalized spacial score (nSPS) is 10.4. The van der Waals surface area contributed by atoms with Gasteiger partial charge >= 0.3 is 5.63 Å². The zero-order chi connectivity index (χ0) is 8.55. The summed E-state index contributed by atoms with van der Waals surface area (Å²) in [5.41, 5.74) is 0.162. The minimum absolute atomic E-state index is 0.392. The maximum atomic E-state index is 11.0. The molecule has 0 atom stereocenters. The van der Waals surface area contributed by atoms with E-state index in [9.17, 15) is 4.79 Å². The van der Waals surface area contributed by atoms with Crippen molar-refractivity contribution in [3.63, 3.8) is 0 Å². The van der Waals surface area contributed by atoms with Gasteiger partial charge in [0, 0.05) is 5.02 Å². The Morgan fingerprint density at radius 3 is 3.08 bits per heavy atom. The number of nitrogens with zero attached hydrogens (tertiary/aromatic N) is 1. The Balaban J connectivity index is 2.96. The van der Waals surface area contributed by atoms with Crippen LogP contribution in [0.2, 0.25) is 5.02 Å². The van der Waals surface area contributed by atoms with E-state index in [2.05, 4.69) is 9.40 Å². The van der Waals surface area contributed by atoms with Crippen LogP contribution in [-0.2, 0) is 0 Å².